The van der Waals surface area contributed by atoms with Crippen molar-refractivity contribution in [3.63, 3.8) is 0 Å². The maximum Gasteiger partial charge on any atom is 0.408 e. The largest absolute Gasteiger partial charge is 0.445 e. The van der Waals surface area contributed by atoms with E-state index < -0.39 is 19.2 Å². The normalized spacial score (nSPS) is 11.7. The van der Waals surface area contributed by atoms with Crippen molar-refractivity contribution in [3.05, 3.63) is 35.9 Å². The lowest BCUT2D eigenvalue weighted by Crippen LogP contribution is -2.51. The van der Waals surface area contributed by atoms with E-state index in [1.807, 2.05) is 44.2 Å². The molecule has 0 aliphatic rings. The second-order valence-corrected chi connectivity index (χ2v) is 5.85. The molecule has 0 spiro atoms. The molecule has 0 saturated heterocycles. The zero-order valence-electron chi connectivity index (χ0n) is 14.4. The predicted octanol–water partition coefficient (Wildman–Crippen LogP) is 0.754. The Balaban J connectivity index is 2.40. The molecule has 1 rings (SSSR count). The van der Waals surface area contributed by atoms with Crippen LogP contribution in [0.5, 0.6) is 0 Å². The van der Waals surface area contributed by atoms with Crippen molar-refractivity contribution < 1.29 is 19.3 Å². The van der Waals surface area contributed by atoms with Crippen molar-refractivity contribution in [1.82, 2.24) is 15.9 Å². The summed E-state index contributed by atoms with van der Waals surface area (Å²) in [5.74, 6) is -0.368. The Morgan fingerprint density at radius 1 is 1.21 bits per heavy atom. The van der Waals surface area contributed by atoms with Crippen molar-refractivity contribution in [2.75, 3.05) is 13.1 Å². The summed E-state index contributed by atoms with van der Waals surface area (Å²) in [5.41, 5.74) is 0.877. The van der Waals surface area contributed by atoms with Crippen LogP contribution in [0.15, 0.2) is 30.3 Å². The first-order valence-corrected chi connectivity index (χ1v) is 8.06. The summed E-state index contributed by atoms with van der Waals surface area (Å²) in [7, 11) is -0.631. The number of hydrogen-bond donors (Lipinski definition) is 4. The molecule has 0 aliphatic carbocycles. The van der Waals surface area contributed by atoms with Gasteiger partial charge in [0, 0.05) is 13.1 Å². The molecule has 0 fully saturated rings. The van der Waals surface area contributed by atoms with Crippen molar-refractivity contribution >= 4 is 19.1 Å². The van der Waals surface area contributed by atoms with Gasteiger partial charge in [-0.2, -0.15) is 0 Å². The highest BCUT2D eigenvalue weighted by atomic mass is 16.5. The Morgan fingerprint density at radius 2 is 1.88 bits per heavy atom. The topological polar surface area (TPSA) is 99.7 Å². The number of ether oxygens (including phenoxy) is 1. The molecule has 1 aromatic rings. The molecule has 4 N–H and O–H groups in total. The summed E-state index contributed by atoms with van der Waals surface area (Å²) in [6.07, 6.45) is -0.630. The molecule has 1 aromatic carbocycles. The maximum absolute atomic E-state index is 12.2. The van der Waals surface area contributed by atoms with Gasteiger partial charge in [0.25, 0.3) is 0 Å². The van der Waals surface area contributed by atoms with Crippen LogP contribution in [-0.2, 0) is 16.1 Å². The number of carbonyl (C=O) groups excluding carboxylic acids is 2. The van der Waals surface area contributed by atoms with Gasteiger partial charge < -0.3 is 25.6 Å². The van der Waals surface area contributed by atoms with Crippen LogP contribution in [0.25, 0.3) is 0 Å². The van der Waals surface area contributed by atoms with Crippen molar-refractivity contribution in [2.45, 2.75) is 33.3 Å². The van der Waals surface area contributed by atoms with Crippen LogP contribution in [0, 0.1) is 5.92 Å². The minimum atomic E-state index is -0.681. The smallest absolute Gasteiger partial charge is 0.408 e. The third-order valence-corrected chi connectivity index (χ3v) is 3.30. The van der Waals surface area contributed by atoms with Gasteiger partial charge in [0.05, 0.1) is 0 Å². The highest BCUT2D eigenvalue weighted by molar-refractivity contribution is 6.45. The molecular formula is C16H26BN3O4. The highest BCUT2D eigenvalue weighted by Gasteiger charge is 2.24. The average Bonchev–Trinajstić information content (AvgIpc) is 2.55. The lowest BCUT2D eigenvalue weighted by Gasteiger charge is -2.21. The Bertz CT molecular complexity index is 511. The standard InChI is InChI=1S/C16H26BN3O4/c1-12(2)14(15(21)18-9-10-19-17(3)23)20-16(22)24-11-13-7-5-4-6-8-13/h4-8,12,14,19,23H,9-11H2,1-3H3,(H,18,21)(H,20,22)/t14-/m1/s1. The fraction of sp³-hybridized carbons (Fsp3) is 0.500. The molecule has 2 amide bonds. The van der Waals surface area contributed by atoms with Crippen LogP contribution in [0.1, 0.15) is 19.4 Å². The predicted molar refractivity (Wildman–Crippen MR) is 93.2 cm³/mol. The van der Waals surface area contributed by atoms with Gasteiger partial charge in [0.15, 0.2) is 0 Å². The van der Waals surface area contributed by atoms with Crippen molar-refractivity contribution in [2.24, 2.45) is 5.92 Å². The van der Waals surface area contributed by atoms with Gasteiger partial charge in [-0.15, -0.1) is 0 Å². The second-order valence-electron chi connectivity index (χ2n) is 5.85. The summed E-state index contributed by atoms with van der Waals surface area (Å²) in [6, 6.07) is 8.64. The van der Waals surface area contributed by atoms with Gasteiger partial charge in [-0.05, 0) is 18.3 Å². The first-order chi connectivity index (χ1) is 11.4. The number of alkyl carbamates (subject to hydrolysis) is 1. The average molecular weight is 335 g/mol. The van der Waals surface area contributed by atoms with Gasteiger partial charge in [0.1, 0.15) is 12.6 Å². The van der Waals surface area contributed by atoms with Crippen LogP contribution in [0.4, 0.5) is 4.79 Å². The summed E-state index contributed by atoms with van der Waals surface area (Å²) in [6.45, 7) is 6.23. The molecule has 0 bridgehead atoms. The van der Waals surface area contributed by atoms with Gasteiger partial charge in [-0.3, -0.25) is 4.79 Å². The summed E-state index contributed by atoms with van der Waals surface area (Å²) in [5, 5.41) is 17.2. The first kappa shape index (κ1) is 20.0. The third-order valence-electron chi connectivity index (χ3n) is 3.30. The Hall–Kier alpha value is -2.06. The highest BCUT2D eigenvalue weighted by Crippen LogP contribution is 2.04. The molecule has 0 radical (unpaired) electrons. The molecule has 0 aliphatic heterocycles. The third kappa shape index (κ3) is 7.98. The van der Waals surface area contributed by atoms with Gasteiger partial charge in [-0.25, -0.2) is 4.79 Å². The van der Waals surface area contributed by atoms with Crippen LogP contribution < -0.4 is 15.9 Å². The van der Waals surface area contributed by atoms with Crippen LogP contribution in [0.2, 0.25) is 6.82 Å². The fourth-order valence-electron chi connectivity index (χ4n) is 2.00. The zero-order chi connectivity index (χ0) is 17.9. The van der Waals surface area contributed by atoms with Crippen LogP contribution in [-0.4, -0.2) is 43.2 Å². The molecule has 0 aromatic heterocycles. The summed E-state index contributed by atoms with van der Waals surface area (Å²) >= 11 is 0. The van der Waals surface area contributed by atoms with E-state index in [1.54, 1.807) is 6.82 Å². The van der Waals surface area contributed by atoms with E-state index in [9.17, 15) is 9.59 Å². The fourth-order valence-corrected chi connectivity index (χ4v) is 2.00. The maximum atomic E-state index is 12.2. The number of hydrogen-bond acceptors (Lipinski definition) is 5. The molecule has 7 nitrogen and oxygen atoms in total. The molecule has 24 heavy (non-hydrogen) atoms. The van der Waals surface area contributed by atoms with Crippen LogP contribution in [0.3, 0.4) is 0 Å². The molecule has 0 unspecified atom stereocenters. The number of rotatable bonds is 9. The number of benzene rings is 1. The number of amides is 2. The van der Waals surface area contributed by atoms with Crippen LogP contribution >= 0.6 is 0 Å². The Kier molecular flexibility index (Phi) is 8.89. The Morgan fingerprint density at radius 3 is 2.46 bits per heavy atom. The molecule has 0 saturated carbocycles. The first-order valence-electron chi connectivity index (χ1n) is 8.06. The molecule has 132 valence electrons. The van der Waals surface area contributed by atoms with Gasteiger partial charge in [-0.1, -0.05) is 44.2 Å². The van der Waals surface area contributed by atoms with E-state index in [0.29, 0.717) is 13.1 Å². The quantitative estimate of drug-likeness (QED) is 0.394. The van der Waals surface area contributed by atoms with E-state index in [0.717, 1.165) is 5.56 Å². The van der Waals surface area contributed by atoms with Gasteiger partial charge in [0.2, 0.25) is 5.91 Å². The van der Waals surface area contributed by atoms with Crippen molar-refractivity contribution in [1.29, 1.82) is 0 Å². The SMILES string of the molecule is CB(O)NCCNC(=O)[C@H](NC(=O)OCc1ccccc1)C(C)C. The lowest BCUT2D eigenvalue weighted by atomic mass is 9.89. The van der Waals surface area contributed by atoms with Gasteiger partial charge >= 0.3 is 13.1 Å². The van der Waals surface area contributed by atoms with E-state index in [4.69, 9.17) is 9.76 Å². The zero-order valence-corrected chi connectivity index (χ0v) is 14.4. The molecule has 0 heterocycles. The summed E-state index contributed by atoms with van der Waals surface area (Å²) < 4.78 is 5.14. The molecule has 8 heteroatoms. The van der Waals surface area contributed by atoms with E-state index in [-0.39, 0.29) is 18.4 Å². The minimum Gasteiger partial charge on any atom is -0.445 e. The summed E-state index contributed by atoms with van der Waals surface area (Å²) in [4.78, 5) is 24.1. The second kappa shape index (κ2) is 10.7. The number of carbonyl (C=O) groups is 2. The van der Waals surface area contributed by atoms with E-state index in [1.165, 1.54) is 0 Å². The number of nitrogens with one attached hydrogen (secondary N) is 3. The Labute approximate surface area is 143 Å². The lowest BCUT2D eigenvalue weighted by molar-refractivity contribution is -0.124. The van der Waals surface area contributed by atoms with E-state index in [2.05, 4.69) is 15.9 Å². The van der Waals surface area contributed by atoms with E-state index >= 15 is 0 Å². The molecular weight excluding hydrogens is 309 g/mol. The minimum absolute atomic E-state index is 0.0843. The molecule has 1 atom stereocenters. The van der Waals surface area contributed by atoms with Crippen molar-refractivity contribution in [3.8, 4) is 0 Å². The monoisotopic (exact) mass is 335 g/mol.